The maximum absolute atomic E-state index is 12.3. The molecule has 3 aliphatic rings. The van der Waals surface area contributed by atoms with Gasteiger partial charge in [-0.25, -0.2) is 4.99 Å². The minimum atomic E-state index is -4.70. The average Bonchev–Trinajstić information content (AvgIpc) is 3.26. The van der Waals surface area contributed by atoms with E-state index in [9.17, 15) is 13.2 Å². The van der Waals surface area contributed by atoms with Crippen molar-refractivity contribution in [1.29, 1.82) is 0 Å². The lowest BCUT2D eigenvalue weighted by Crippen LogP contribution is -2.33. The Morgan fingerprint density at radius 3 is 2.52 bits per heavy atom. The molecule has 8 heteroatoms. The Kier molecular flexibility index (Phi) is 4.29. The third-order valence-electron chi connectivity index (χ3n) is 5.74. The topological polar surface area (TPSA) is 49.4 Å². The lowest BCUT2D eigenvalue weighted by Gasteiger charge is -2.20. The second kappa shape index (κ2) is 6.74. The molecule has 3 atom stereocenters. The second-order valence-corrected chi connectivity index (χ2v) is 7.57. The molecule has 1 saturated carbocycles. The minimum Gasteiger partial charge on any atom is -0.406 e. The fourth-order valence-corrected chi connectivity index (χ4v) is 4.24. The van der Waals surface area contributed by atoms with Crippen LogP contribution in [0.3, 0.4) is 0 Å². The van der Waals surface area contributed by atoms with Gasteiger partial charge in [-0.2, -0.15) is 5.43 Å². The SMILES string of the molecule is FC(F)(F)Oc1ccc(N2C=NC(c3ccc(C45CCCCC4O5)cc3)N2)cc1. The highest BCUT2D eigenvalue weighted by molar-refractivity contribution is 5.80. The smallest absolute Gasteiger partial charge is 0.406 e. The highest BCUT2D eigenvalue weighted by atomic mass is 19.4. The maximum atomic E-state index is 12.3. The molecular weight excluding hydrogens is 383 g/mol. The van der Waals surface area contributed by atoms with E-state index in [0.29, 0.717) is 11.8 Å². The number of rotatable bonds is 4. The highest BCUT2D eigenvalue weighted by Crippen LogP contribution is 2.55. The van der Waals surface area contributed by atoms with Crippen LogP contribution in [0.5, 0.6) is 5.75 Å². The standard InChI is InChI=1S/C21H20F3N3O2/c22-21(23,24)28-17-10-8-16(9-11-17)27-13-25-19(26-27)14-4-6-15(7-5-14)20-12-2-1-3-18(20)29-20/h4-11,13,18-19,26H,1-3,12H2. The van der Waals surface area contributed by atoms with Gasteiger partial charge >= 0.3 is 6.36 Å². The summed E-state index contributed by atoms with van der Waals surface area (Å²) in [7, 11) is 0. The second-order valence-electron chi connectivity index (χ2n) is 7.57. The molecule has 5 rings (SSSR count). The molecule has 152 valence electrons. The molecule has 1 N–H and O–H groups in total. The van der Waals surface area contributed by atoms with Gasteiger partial charge in [-0.3, -0.25) is 5.01 Å². The lowest BCUT2D eigenvalue weighted by molar-refractivity contribution is -0.274. The largest absolute Gasteiger partial charge is 0.573 e. The zero-order valence-corrected chi connectivity index (χ0v) is 15.5. The van der Waals surface area contributed by atoms with Crippen molar-refractivity contribution < 1.29 is 22.6 Å². The van der Waals surface area contributed by atoms with Gasteiger partial charge in [0.25, 0.3) is 0 Å². The number of fused-ring (bicyclic) bond motifs is 1. The van der Waals surface area contributed by atoms with Crippen LogP contribution in [0.25, 0.3) is 0 Å². The monoisotopic (exact) mass is 403 g/mol. The van der Waals surface area contributed by atoms with Gasteiger partial charge in [-0.1, -0.05) is 37.1 Å². The number of anilines is 1. The molecule has 29 heavy (non-hydrogen) atoms. The summed E-state index contributed by atoms with van der Waals surface area (Å²) in [6.07, 6.45) is 1.70. The van der Waals surface area contributed by atoms with Crippen LogP contribution < -0.4 is 15.2 Å². The number of halogens is 3. The summed E-state index contributed by atoms with van der Waals surface area (Å²) in [5, 5.41) is 1.68. The molecule has 2 aromatic carbocycles. The van der Waals surface area contributed by atoms with Crippen LogP contribution in [0.2, 0.25) is 0 Å². The number of alkyl halides is 3. The van der Waals surface area contributed by atoms with Gasteiger partial charge in [0, 0.05) is 0 Å². The Morgan fingerprint density at radius 2 is 1.83 bits per heavy atom. The molecule has 5 nitrogen and oxygen atoms in total. The first kappa shape index (κ1) is 18.4. The summed E-state index contributed by atoms with van der Waals surface area (Å²) >= 11 is 0. The Labute approximate surface area is 166 Å². The molecule has 0 aromatic heterocycles. The minimum absolute atomic E-state index is 0.0740. The van der Waals surface area contributed by atoms with Crippen molar-refractivity contribution in [2.45, 2.75) is 49.9 Å². The number of hydrogen-bond donors (Lipinski definition) is 1. The van der Waals surface area contributed by atoms with Crippen molar-refractivity contribution in [3.8, 4) is 5.75 Å². The molecule has 0 amide bonds. The van der Waals surface area contributed by atoms with Crippen molar-refractivity contribution in [3.63, 3.8) is 0 Å². The van der Waals surface area contributed by atoms with E-state index < -0.39 is 6.36 Å². The number of epoxide rings is 1. The molecule has 1 saturated heterocycles. The van der Waals surface area contributed by atoms with E-state index in [2.05, 4.69) is 39.4 Å². The zero-order valence-electron chi connectivity index (χ0n) is 15.5. The summed E-state index contributed by atoms with van der Waals surface area (Å²) in [6, 6.07) is 14.0. The van der Waals surface area contributed by atoms with Gasteiger partial charge in [0.15, 0.2) is 0 Å². The van der Waals surface area contributed by atoms with Gasteiger partial charge in [0.1, 0.15) is 23.9 Å². The van der Waals surface area contributed by atoms with Crippen molar-refractivity contribution in [3.05, 3.63) is 59.7 Å². The van der Waals surface area contributed by atoms with E-state index in [4.69, 9.17) is 4.74 Å². The van der Waals surface area contributed by atoms with E-state index in [-0.39, 0.29) is 17.5 Å². The summed E-state index contributed by atoms with van der Waals surface area (Å²) in [5.74, 6) is -0.257. The first-order valence-corrected chi connectivity index (χ1v) is 9.66. The Morgan fingerprint density at radius 1 is 1.07 bits per heavy atom. The molecule has 3 unspecified atom stereocenters. The average molecular weight is 403 g/mol. The summed E-state index contributed by atoms with van der Waals surface area (Å²) < 4.78 is 46.7. The summed E-state index contributed by atoms with van der Waals surface area (Å²) in [5.41, 5.74) is 6.05. The quantitative estimate of drug-likeness (QED) is 0.745. The molecule has 2 fully saturated rings. The number of hydrazine groups is 1. The number of aliphatic imine (C=N–C) groups is 1. The summed E-state index contributed by atoms with van der Waals surface area (Å²) in [6.45, 7) is 0. The van der Waals surface area contributed by atoms with Crippen LogP contribution in [0.4, 0.5) is 18.9 Å². The van der Waals surface area contributed by atoms with E-state index in [0.717, 1.165) is 18.4 Å². The van der Waals surface area contributed by atoms with E-state index in [1.54, 1.807) is 23.5 Å². The molecule has 0 bridgehead atoms. The third-order valence-corrected chi connectivity index (χ3v) is 5.74. The van der Waals surface area contributed by atoms with Gasteiger partial charge in [0.05, 0.1) is 11.8 Å². The predicted molar refractivity (Wildman–Crippen MR) is 101 cm³/mol. The molecule has 2 aromatic rings. The molecule has 2 aliphatic heterocycles. The predicted octanol–water partition coefficient (Wildman–Crippen LogP) is 4.81. The van der Waals surface area contributed by atoms with Crippen LogP contribution in [0, 0.1) is 0 Å². The van der Waals surface area contributed by atoms with E-state index in [1.807, 2.05) is 0 Å². The number of nitrogens with one attached hydrogen (secondary N) is 1. The van der Waals surface area contributed by atoms with Crippen LogP contribution in [0.15, 0.2) is 53.5 Å². The van der Waals surface area contributed by atoms with Crippen molar-refractivity contribution in [2.24, 2.45) is 4.99 Å². The fourth-order valence-electron chi connectivity index (χ4n) is 4.24. The molecule has 0 radical (unpaired) electrons. The van der Waals surface area contributed by atoms with Crippen LogP contribution in [0.1, 0.15) is 43.0 Å². The number of ether oxygens (including phenoxy) is 2. The Balaban J connectivity index is 1.24. The van der Waals surface area contributed by atoms with Crippen molar-refractivity contribution in [2.75, 3.05) is 5.01 Å². The van der Waals surface area contributed by atoms with Crippen molar-refractivity contribution >= 4 is 12.0 Å². The normalized spacial score (nSPS) is 28.3. The number of hydrogen-bond acceptors (Lipinski definition) is 5. The van der Waals surface area contributed by atoms with Crippen LogP contribution in [-0.2, 0) is 10.3 Å². The summed E-state index contributed by atoms with van der Waals surface area (Å²) in [4.78, 5) is 4.46. The first-order chi connectivity index (χ1) is 13.9. The van der Waals surface area contributed by atoms with Crippen LogP contribution in [-0.4, -0.2) is 18.8 Å². The van der Waals surface area contributed by atoms with Gasteiger partial charge < -0.3 is 9.47 Å². The fraction of sp³-hybridized carbons (Fsp3) is 0.381. The molecule has 2 heterocycles. The molecule has 0 spiro atoms. The van der Waals surface area contributed by atoms with Crippen molar-refractivity contribution in [1.82, 2.24) is 5.43 Å². The maximum Gasteiger partial charge on any atom is 0.573 e. The van der Waals surface area contributed by atoms with E-state index in [1.165, 1.54) is 30.5 Å². The van der Waals surface area contributed by atoms with Crippen LogP contribution >= 0.6 is 0 Å². The highest BCUT2D eigenvalue weighted by Gasteiger charge is 2.58. The number of nitrogens with zero attached hydrogens (tertiary/aromatic N) is 2. The molecular formula is C21H20F3N3O2. The zero-order chi connectivity index (χ0) is 20.1. The Hall–Kier alpha value is -2.58. The number of benzene rings is 2. The van der Waals surface area contributed by atoms with E-state index >= 15 is 0 Å². The lowest BCUT2D eigenvalue weighted by atomic mass is 9.83. The van der Waals surface area contributed by atoms with Gasteiger partial charge in [-0.15, -0.1) is 13.2 Å². The third kappa shape index (κ3) is 3.58. The Bertz CT molecular complexity index is 914. The first-order valence-electron chi connectivity index (χ1n) is 9.66. The molecule has 1 aliphatic carbocycles. The van der Waals surface area contributed by atoms with Gasteiger partial charge in [-0.05, 0) is 48.2 Å². The van der Waals surface area contributed by atoms with Gasteiger partial charge in [0.2, 0.25) is 0 Å².